The molecule has 0 aliphatic carbocycles. The molecule has 1 heterocycles. The minimum Gasteiger partial charge on any atom is -0.350 e. The first-order chi connectivity index (χ1) is 9.40. The van der Waals surface area contributed by atoms with E-state index in [1.54, 1.807) is 7.05 Å². The molecule has 1 amide bonds. The van der Waals surface area contributed by atoms with Crippen molar-refractivity contribution in [2.45, 2.75) is 13.8 Å². The van der Waals surface area contributed by atoms with Crippen molar-refractivity contribution in [2.75, 3.05) is 6.54 Å². The van der Waals surface area contributed by atoms with Gasteiger partial charge in [0.15, 0.2) is 5.69 Å². The van der Waals surface area contributed by atoms with Gasteiger partial charge in [-0.2, -0.15) is 5.10 Å². The second-order valence-electron chi connectivity index (χ2n) is 5.07. The van der Waals surface area contributed by atoms with Gasteiger partial charge < -0.3 is 5.32 Å². The molecule has 0 aliphatic rings. The first kappa shape index (κ1) is 14.2. The molecule has 1 N–H and O–H groups in total. The second-order valence-corrected chi connectivity index (χ2v) is 5.07. The van der Waals surface area contributed by atoms with Gasteiger partial charge in [0.25, 0.3) is 5.91 Å². The number of aryl methyl sites for hydroxylation is 1. The highest BCUT2D eigenvalue weighted by molar-refractivity contribution is 5.95. The molecule has 20 heavy (non-hydrogen) atoms. The maximum atomic E-state index is 13.3. The van der Waals surface area contributed by atoms with Crippen LogP contribution in [0.25, 0.3) is 10.9 Å². The maximum absolute atomic E-state index is 13.3. The van der Waals surface area contributed by atoms with Crippen molar-refractivity contribution in [2.24, 2.45) is 13.0 Å². The summed E-state index contributed by atoms with van der Waals surface area (Å²) in [7, 11) is 1.61. The van der Waals surface area contributed by atoms with Crippen LogP contribution in [0.3, 0.4) is 0 Å². The van der Waals surface area contributed by atoms with Crippen LogP contribution >= 0.6 is 0 Å². The molecule has 1 aromatic heterocycles. The lowest BCUT2D eigenvalue weighted by atomic mass is 10.2. The van der Waals surface area contributed by atoms with E-state index < -0.39 is 17.2 Å². The Bertz CT molecular complexity index is 722. The van der Waals surface area contributed by atoms with E-state index in [1.807, 2.05) is 13.8 Å². The van der Waals surface area contributed by atoms with Gasteiger partial charge in [0, 0.05) is 13.6 Å². The average Bonchev–Trinajstić information content (AvgIpc) is 2.40. The van der Waals surface area contributed by atoms with Crippen LogP contribution in [-0.4, -0.2) is 22.2 Å². The Labute approximate surface area is 115 Å². The molecule has 106 valence electrons. The fraction of sp³-hybridized carbons (Fsp3) is 0.357. The third-order valence-corrected chi connectivity index (χ3v) is 2.90. The summed E-state index contributed by atoms with van der Waals surface area (Å²) in [5.74, 6) is -0.791. The van der Waals surface area contributed by atoms with Crippen molar-refractivity contribution >= 4 is 16.8 Å². The maximum Gasteiger partial charge on any atom is 0.275 e. The molecule has 2 aromatic rings. The van der Waals surface area contributed by atoms with Crippen LogP contribution < -0.4 is 10.7 Å². The predicted octanol–water partition coefficient (Wildman–Crippen LogP) is 1.46. The standard InChI is InChI=1S/C14H16FN3O2/c1-8(2)7-16-14(20)12-13(19)10-6-9(15)4-5-11(10)18(3)17-12/h4-6,8H,7H2,1-3H3,(H,16,20). The molecule has 0 bridgehead atoms. The Morgan fingerprint density at radius 1 is 1.45 bits per heavy atom. The smallest absolute Gasteiger partial charge is 0.275 e. The second kappa shape index (κ2) is 5.40. The molecule has 0 fully saturated rings. The topological polar surface area (TPSA) is 64.0 Å². The summed E-state index contributed by atoms with van der Waals surface area (Å²) in [6.45, 7) is 4.34. The molecule has 1 aromatic carbocycles. The highest BCUT2D eigenvalue weighted by Gasteiger charge is 2.16. The largest absolute Gasteiger partial charge is 0.350 e. The molecule has 2 rings (SSSR count). The molecule has 0 saturated heterocycles. The minimum atomic E-state index is -0.557. The lowest BCUT2D eigenvalue weighted by Crippen LogP contribution is -2.33. The summed E-state index contributed by atoms with van der Waals surface area (Å²) in [4.78, 5) is 24.2. The van der Waals surface area contributed by atoms with Crippen LogP contribution in [0.1, 0.15) is 24.3 Å². The van der Waals surface area contributed by atoms with Gasteiger partial charge >= 0.3 is 0 Å². The van der Waals surface area contributed by atoms with E-state index in [0.29, 0.717) is 12.1 Å². The molecular formula is C14H16FN3O2. The third-order valence-electron chi connectivity index (χ3n) is 2.90. The number of halogens is 1. The van der Waals surface area contributed by atoms with E-state index in [9.17, 15) is 14.0 Å². The third kappa shape index (κ3) is 2.68. The van der Waals surface area contributed by atoms with Gasteiger partial charge in [0.05, 0.1) is 10.9 Å². The van der Waals surface area contributed by atoms with Crippen LogP contribution in [0.4, 0.5) is 4.39 Å². The van der Waals surface area contributed by atoms with Crippen molar-refractivity contribution < 1.29 is 9.18 Å². The number of nitrogens with zero attached hydrogens (tertiary/aromatic N) is 2. The summed E-state index contributed by atoms with van der Waals surface area (Å²) >= 11 is 0. The average molecular weight is 277 g/mol. The Morgan fingerprint density at radius 3 is 2.80 bits per heavy atom. The quantitative estimate of drug-likeness (QED) is 0.923. The van der Waals surface area contributed by atoms with Crippen LogP contribution in [0.2, 0.25) is 0 Å². The molecule has 0 saturated carbocycles. The van der Waals surface area contributed by atoms with Gasteiger partial charge in [-0.25, -0.2) is 4.39 Å². The van der Waals surface area contributed by atoms with Crippen LogP contribution in [0, 0.1) is 11.7 Å². The first-order valence-corrected chi connectivity index (χ1v) is 6.35. The summed E-state index contributed by atoms with van der Waals surface area (Å²) in [5, 5.41) is 6.77. The first-order valence-electron chi connectivity index (χ1n) is 6.35. The molecule has 5 nitrogen and oxygen atoms in total. The number of hydrogen-bond donors (Lipinski definition) is 1. The molecule has 0 radical (unpaired) electrons. The van der Waals surface area contributed by atoms with Gasteiger partial charge in [0.2, 0.25) is 5.43 Å². The SMILES string of the molecule is CC(C)CNC(=O)c1nn(C)c2ccc(F)cc2c1=O. The Hall–Kier alpha value is -2.24. The van der Waals surface area contributed by atoms with Crippen molar-refractivity contribution in [1.82, 2.24) is 15.1 Å². The van der Waals surface area contributed by atoms with Crippen molar-refractivity contribution in [3.05, 3.63) is 39.9 Å². The molecule has 6 heteroatoms. The van der Waals surface area contributed by atoms with Gasteiger partial charge in [-0.1, -0.05) is 13.8 Å². The number of benzene rings is 1. The number of aromatic nitrogens is 2. The predicted molar refractivity (Wildman–Crippen MR) is 74.1 cm³/mol. The van der Waals surface area contributed by atoms with Gasteiger partial charge in [-0.05, 0) is 24.1 Å². The van der Waals surface area contributed by atoms with Crippen LogP contribution in [-0.2, 0) is 7.05 Å². The molecule has 0 aliphatic heterocycles. The normalized spacial score (nSPS) is 11.1. The summed E-state index contributed by atoms with van der Waals surface area (Å²) in [6.07, 6.45) is 0. The number of amides is 1. The Balaban J connectivity index is 2.52. The van der Waals surface area contributed by atoms with Crippen molar-refractivity contribution in [3.8, 4) is 0 Å². The Morgan fingerprint density at radius 2 is 2.15 bits per heavy atom. The monoisotopic (exact) mass is 277 g/mol. The number of carbonyl (C=O) groups excluding carboxylic acids is 1. The fourth-order valence-corrected chi connectivity index (χ4v) is 1.88. The van der Waals surface area contributed by atoms with E-state index in [4.69, 9.17) is 0 Å². The zero-order valence-electron chi connectivity index (χ0n) is 11.6. The van der Waals surface area contributed by atoms with E-state index in [-0.39, 0.29) is 17.0 Å². The summed E-state index contributed by atoms with van der Waals surface area (Å²) in [6, 6.07) is 3.84. The highest BCUT2D eigenvalue weighted by Crippen LogP contribution is 2.11. The number of hydrogen-bond acceptors (Lipinski definition) is 3. The molecular weight excluding hydrogens is 261 g/mol. The van der Waals surface area contributed by atoms with Crippen molar-refractivity contribution in [3.63, 3.8) is 0 Å². The fourth-order valence-electron chi connectivity index (χ4n) is 1.88. The van der Waals surface area contributed by atoms with E-state index >= 15 is 0 Å². The van der Waals surface area contributed by atoms with Crippen LogP contribution in [0.5, 0.6) is 0 Å². The molecule has 0 atom stereocenters. The zero-order valence-corrected chi connectivity index (χ0v) is 11.6. The highest BCUT2D eigenvalue weighted by atomic mass is 19.1. The summed E-state index contributed by atoms with van der Waals surface area (Å²) in [5.41, 5.74) is -0.290. The Kier molecular flexibility index (Phi) is 3.83. The lowest BCUT2D eigenvalue weighted by Gasteiger charge is -2.09. The number of carbonyl (C=O) groups is 1. The summed E-state index contributed by atoms with van der Waals surface area (Å²) < 4.78 is 14.7. The van der Waals surface area contributed by atoms with E-state index in [1.165, 1.54) is 16.8 Å². The van der Waals surface area contributed by atoms with E-state index in [2.05, 4.69) is 10.4 Å². The molecule has 0 spiro atoms. The van der Waals surface area contributed by atoms with Gasteiger partial charge in [-0.3, -0.25) is 14.3 Å². The number of fused-ring (bicyclic) bond motifs is 1. The number of nitrogens with one attached hydrogen (secondary N) is 1. The lowest BCUT2D eigenvalue weighted by molar-refractivity contribution is 0.0941. The van der Waals surface area contributed by atoms with Crippen molar-refractivity contribution in [1.29, 1.82) is 0 Å². The van der Waals surface area contributed by atoms with Crippen LogP contribution in [0.15, 0.2) is 23.0 Å². The molecule has 0 unspecified atom stereocenters. The number of rotatable bonds is 3. The van der Waals surface area contributed by atoms with Gasteiger partial charge in [0.1, 0.15) is 5.82 Å². The van der Waals surface area contributed by atoms with E-state index in [0.717, 1.165) is 6.07 Å². The zero-order chi connectivity index (χ0) is 14.9. The minimum absolute atomic E-state index is 0.150. The van der Waals surface area contributed by atoms with Gasteiger partial charge in [-0.15, -0.1) is 0 Å².